The van der Waals surface area contributed by atoms with Crippen molar-refractivity contribution in [3.8, 4) is 0 Å². The minimum absolute atomic E-state index is 0.0658. The maximum atomic E-state index is 12.7. The van der Waals surface area contributed by atoms with Crippen LogP contribution in [0.4, 0.5) is 0 Å². The van der Waals surface area contributed by atoms with Gasteiger partial charge in [0.1, 0.15) is 12.1 Å². The van der Waals surface area contributed by atoms with Crippen LogP contribution in [0, 0.1) is 0 Å². The summed E-state index contributed by atoms with van der Waals surface area (Å²) in [7, 11) is 0. The summed E-state index contributed by atoms with van der Waals surface area (Å²) in [4.78, 5) is 60.3. The summed E-state index contributed by atoms with van der Waals surface area (Å²) in [6.07, 6.45) is 1.53. The summed E-state index contributed by atoms with van der Waals surface area (Å²) >= 11 is 0. The van der Waals surface area contributed by atoms with Crippen molar-refractivity contribution in [3.63, 3.8) is 0 Å². The number of nitrogens with two attached hydrogens (primary N) is 7. The van der Waals surface area contributed by atoms with Gasteiger partial charge in [-0.25, -0.2) is 4.79 Å². The molecule has 0 aromatic rings. The molecule has 0 aliphatic rings. The number of hydrogen-bond donors (Lipinski definition) is 11. The van der Waals surface area contributed by atoms with Crippen molar-refractivity contribution >= 4 is 41.6 Å². The van der Waals surface area contributed by atoms with E-state index in [1.165, 1.54) is 0 Å². The highest BCUT2D eigenvalue weighted by Crippen LogP contribution is 2.02. The molecule has 0 spiro atoms. The van der Waals surface area contributed by atoms with Crippen molar-refractivity contribution in [2.75, 3.05) is 26.2 Å². The van der Waals surface area contributed by atoms with Crippen LogP contribution in [0.25, 0.3) is 0 Å². The normalized spacial score (nSPS) is 12.7. The molecule has 0 aliphatic heterocycles. The Bertz CT molecular complexity index is 865. The smallest absolute Gasteiger partial charge is 0.326 e. The number of guanidine groups is 3. The van der Waals surface area contributed by atoms with Crippen LogP contribution in [0.5, 0.6) is 0 Å². The molecule has 0 fully saturated rings. The van der Waals surface area contributed by atoms with Crippen molar-refractivity contribution in [2.24, 2.45) is 55.1 Å². The van der Waals surface area contributed by atoms with Crippen molar-refractivity contribution in [2.45, 2.75) is 56.7 Å². The number of carboxylic acid groups (broad SMARTS) is 1. The fraction of sp³-hybridized carbons (Fsp3) is 0.650. The third-order valence-electron chi connectivity index (χ3n) is 4.88. The lowest BCUT2D eigenvalue weighted by molar-refractivity contribution is -0.142. The molecule has 18 N–H and O–H groups in total. The van der Waals surface area contributed by atoms with Crippen molar-refractivity contribution in [3.05, 3.63) is 0 Å². The molecule has 0 aromatic carbocycles. The lowest BCUT2D eigenvalue weighted by atomic mass is 10.1. The average molecular weight is 544 g/mol. The molecule has 0 saturated heterocycles. The van der Waals surface area contributed by atoms with Crippen LogP contribution in [0.15, 0.2) is 15.0 Å². The van der Waals surface area contributed by atoms with E-state index in [-0.39, 0.29) is 56.8 Å². The topological polar surface area (TPSA) is 344 Å². The molecule has 0 unspecified atom stereocenters. The SMILES string of the molecule is NC(N)=NCCC[C@H](NC(=O)CNC(=O)[C@H](CCCN=C(N)N)NC(=O)[C@@H](N)CCCN=C(N)N)C(=O)O. The van der Waals surface area contributed by atoms with E-state index < -0.39 is 48.4 Å². The molecular formula is C20H41N13O5. The standard InChI is InChI=1S/C20H41N13O5/c21-11(4-1-7-28-18(22)23)15(35)33-12(5-2-8-29-19(24)25)16(36)31-10-14(34)32-13(17(37)38)6-3-9-30-20(26)27/h11-13H,1-10,21H2,(H,31,36)(H,32,34)(H,33,35)(H,37,38)(H4,22,23,28)(H4,24,25,29)(H4,26,27,30)/t11-,12-,13-/m0/s1. The molecule has 0 bridgehead atoms. The second-order valence-corrected chi connectivity index (χ2v) is 8.19. The Labute approximate surface area is 220 Å². The van der Waals surface area contributed by atoms with E-state index in [1.54, 1.807) is 0 Å². The van der Waals surface area contributed by atoms with Crippen molar-refractivity contribution < 1.29 is 24.3 Å². The van der Waals surface area contributed by atoms with Crippen LogP contribution in [-0.4, -0.2) is 91.0 Å². The minimum atomic E-state index is -1.26. The fourth-order valence-electron chi connectivity index (χ4n) is 3.00. The van der Waals surface area contributed by atoms with Gasteiger partial charge in [0.15, 0.2) is 17.9 Å². The number of rotatable bonds is 19. The van der Waals surface area contributed by atoms with Gasteiger partial charge in [-0.2, -0.15) is 0 Å². The second kappa shape index (κ2) is 18.9. The highest BCUT2D eigenvalue weighted by Gasteiger charge is 2.25. The molecule has 3 atom stereocenters. The Hall–Kier alpha value is -4.35. The van der Waals surface area contributed by atoms with E-state index in [4.69, 9.17) is 40.1 Å². The number of aliphatic imine (C=N–C) groups is 3. The van der Waals surface area contributed by atoms with Gasteiger partial charge in [-0.05, 0) is 38.5 Å². The van der Waals surface area contributed by atoms with E-state index >= 15 is 0 Å². The zero-order valence-electron chi connectivity index (χ0n) is 21.3. The molecule has 0 rings (SSSR count). The minimum Gasteiger partial charge on any atom is -0.480 e. The van der Waals surface area contributed by atoms with Crippen molar-refractivity contribution in [1.29, 1.82) is 0 Å². The maximum absolute atomic E-state index is 12.7. The van der Waals surface area contributed by atoms with E-state index in [9.17, 15) is 24.3 Å². The Morgan fingerprint density at radius 1 is 0.658 bits per heavy atom. The van der Waals surface area contributed by atoms with Gasteiger partial charge in [0.25, 0.3) is 0 Å². The number of nitrogens with one attached hydrogen (secondary N) is 3. The van der Waals surface area contributed by atoms with Gasteiger partial charge in [0.05, 0.1) is 12.6 Å². The predicted octanol–water partition coefficient (Wildman–Crippen LogP) is -5.36. The Kier molecular flexibility index (Phi) is 16.7. The largest absolute Gasteiger partial charge is 0.480 e. The first-order chi connectivity index (χ1) is 17.8. The number of amides is 3. The van der Waals surface area contributed by atoms with Gasteiger partial charge in [-0.3, -0.25) is 29.4 Å². The fourth-order valence-corrected chi connectivity index (χ4v) is 3.00. The Morgan fingerprint density at radius 2 is 1.11 bits per heavy atom. The van der Waals surface area contributed by atoms with Crippen LogP contribution in [0.1, 0.15) is 38.5 Å². The van der Waals surface area contributed by atoms with Gasteiger partial charge in [-0.1, -0.05) is 0 Å². The first kappa shape index (κ1) is 33.7. The molecular weight excluding hydrogens is 502 g/mol. The maximum Gasteiger partial charge on any atom is 0.326 e. The monoisotopic (exact) mass is 543 g/mol. The molecule has 0 aliphatic carbocycles. The van der Waals surface area contributed by atoms with E-state index in [1.807, 2.05) is 0 Å². The molecule has 0 aromatic heterocycles. The quantitative estimate of drug-likeness (QED) is 0.0413. The van der Waals surface area contributed by atoms with Gasteiger partial charge in [0.2, 0.25) is 17.7 Å². The third kappa shape index (κ3) is 17.1. The molecule has 0 heterocycles. The lowest BCUT2D eigenvalue weighted by Gasteiger charge is -2.21. The average Bonchev–Trinajstić information content (AvgIpc) is 2.83. The summed E-state index contributed by atoms with van der Waals surface area (Å²) in [6, 6.07) is -3.19. The Morgan fingerprint density at radius 3 is 1.55 bits per heavy atom. The number of carbonyl (C=O) groups excluding carboxylic acids is 3. The zero-order chi connectivity index (χ0) is 29.1. The summed E-state index contributed by atoms with van der Waals surface area (Å²) in [6.45, 7) is 0.150. The summed E-state index contributed by atoms with van der Waals surface area (Å²) < 4.78 is 0. The number of carbonyl (C=O) groups is 4. The van der Waals surface area contributed by atoms with E-state index in [2.05, 4.69) is 30.9 Å². The van der Waals surface area contributed by atoms with E-state index in [0.29, 0.717) is 19.3 Å². The predicted molar refractivity (Wildman–Crippen MR) is 142 cm³/mol. The van der Waals surface area contributed by atoms with Crippen molar-refractivity contribution in [1.82, 2.24) is 16.0 Å². The number of hydrogen-bond acceptors (Lipinski definition) is 8. The molecule has 18 nitrogen and oxygen atoms in total. The van der Waals surface area contributed by atoms with Gasteiger partial charge < -0.3 is 61.2 Å². The molecule has 38 heavy (non-hydrogen) atoms. The lowest BCUT2D eigenvalue weighted by Crippen LogP contribution is -2.53. The van der Waals surface area contributed by atoms with Crippen LogP contribution in [0.3, 0.4) is 0 Å². The van der Waals surface area contributed by atoms with Crippen LogP contribution in [0.2, 0.25) is 0 Å². The number of carboxylic acids is 1. The molecule has 0 saturated carbocycles. The molecule has 3 amide bonds. The molecule has 216 valence electrons. The third-order valence-corrected chi connectivity index (χ3v) is 4.88. The first-order valence-electron chi connectivity index (χ1n) is 11.9. The number of aliphatic carboxylic acids is 1. The van der Waals surface area contributed by atoms with Gasteiger partial charge in [0, 0.05) is 19.6 Å². The van der Waals surface area contributed by atoms with Crippen LogP contribution < -0.4 is 56.1 Å². The first-order valence-corrected chi connectivity index (χ1v) is 11.9. The molecule has 0 radical (unpaired) electrons. The highest BCUT2D eigenvalue weighted by atomic mass is 16.4. The Balaban J connectivity index is 4.98. The van der Waals surface area contributed by atoms with Crippen LogP contribution in [-0.2, 0) is 19.2 Å². The van der Waals surface area contributed by atoms with Crippen LogP contribution >= 0.6 is 0 Å². The van der Waals surface area contributed by atoms with Gasteiger partial charge in [-0.15, -0.1) is 0 Å². The molecule has 18 heteroatoms. The van der Waals surface area contributed by atoms with E-state index in [0.717, 1.165) is 0 Å². The summed E-state index contributed by atoms with van der Waals surface area (Å²) in [5.74, 6) is -3.59. The summed E-state index contributed by atoms with van der Waals surface area (Å²) in [5, 5.41) is 16.6. The summed E-state index contributed by atoms with van der Waals surface area (Å²) in [5.41, 5.74) is 37.4. The number of nitrogens with zero attached hydrogens (tertiary/aromatic N) is 3. The zero-order valence-corrected chi connectivity index (χ0v) is 21.3. The highest BCUT2D eigenvalue weighted by molar-refractivity contribution is 5.92. The second-order valence-electron chi connectivity index (χ2n) is 8.19. The van der Waals surface area contributed by atoms with Gasteiger partial charge >= 0.3 is 5.97 Å².